The van der Waals surface area contributed by atoms with Gasteiger partial charge in [0.05, 0.1) is 5.76 Å². The topological polar surface area (TPSA) is 46.2 Å². The van der Waals surface area contributed by atoms with Crippen molar-refractivity contribution >= 4 is 12.4 Å². The number of nitrogens with two attached hydrogens (primary N) is 1. The Morgan fingerprint density at radius 3 is 2.75 bits per heavy atom. The van der Waals surface area contributed by atoms with E-state index in [1.807, 2.05) is 13.0 Å². The van der Waals surface area contributed by atoms with Crippen LogP contribution in [0.15, 0.2) is 36.1 Å². The molecule has 0 spiro atoms. The predicted octanol–water partition coefficient (Wildman–Crippen LogP) is 3.11. The van der Waals surface area contributed by atoms with Gasteiger partial charge >= 0.3 is 0 Å². The molecule has 16 heavy (non-hydrogen) atoms. The molecule has 0 heterocycles. The minimum atomic E-state index is -0.179. The van der Waals surface area contributed by atoms with E-state index in [-0.39, 0.29) is 23.9 Å². The average Bonchev–Trinajstić information content (AvgIpc) is 2.98. The zero-order valence-corrected chi connectivity index (χ0v) is 10.4. The first-order valence-corrected chi connectivity index (χ1v) is 5.65. The van der Waals surface area contributed by atoms with Crippen LogP contribution < -0.4 is 5.73 Å². The number of aliphatic hydroxyl groups excluding tert-OH is 1. The van der Waals surface area contributed by atoms with E-state index in [9.17, 15) is 5.11 Å². The van der Waals surface area contributed by atoms with Crippen molar-refractivity contribution < 1.29 is 5.11 Å². The molecule has 3 heteroatoms. The highest BCUT2D eigenvalue weighted by Gasteiger charge is 2.32. The molecule has 2 nitrogen and oxygen atoms in total. The van der Waals surface area contributed by atoms with Gasteiger partial charge in [-0.1, -0.05) is 24.3 Å². The van der Waals surface area contributed by atoms with Crippen LogP contribution in [0.3, 0.4) is 0 Å². The molecule has 0 aliphatic heterocycles. The predicted molar refractivity (Wildman–Crippen MR) is 69.7 cm³/mol. The Morgan fingerprint density at radius 2 is 2.25 bits per heavy atom. The summed E-state index contributed by atoms with van der Waals surface area (Å²) in [6.45, 7) is 2.00. The van der Waals surface area contributed by atoms with Gasteiger partial charge in [0.1, 0.15) is 0 Å². The van der Waals surface area contributed by atoms with Crippen LogP contribution in [0.2, 0.25) is 0 Å². The smallest absolute Gasteiger partial charge is 0.0934 e. The molecule has 0 aromatic heterocycles. The maximum Gasteiger partial charge on any atom is 0.0934 e. The van der Waals surface area contributed by atoms with Crippen LogP contribution in [0.25, 0.3) is 0 Å². The first-order valence-electron chi connectivity index (χ1n) is 5.65. The summed E-state index contributed by atoms with van der Waals surface area (Å²) in [5.74, 6) is 1.18. The lowest BCUT2D eigenvalue weighted by Gasteiger charge is -2.33. The highest BCUT2D eigenvalue weighted by Crippen LogP contribution is 2.38. The Bertz CT molecular complexity index is 329. The number of rotatable bonds is 3. The Labute approximate surface area is 103 Å². The van der Waals surface area contributed by atoms with Crippen LogP contribution in [0.5, 0.6) is 0 Å². The van der Waals surface area contributed by atoms with Gasteiger partial charge in [-0.3, -0.25) is 0 Å². The Hall–Kier alpha value is -0.730. The third-order valence-corrected chi connectivity index (χ3v) is 3.33. The standard InChI is InChI=1S/C13H19NO.ClH/c1-10(14)13(8-6-11-4-5-11)7-2-3-12(15)9-13;/h2-3,6-8,10-11,15H,4-5,9,14H2,1H3;1H/b8-6+;/t10-,13?;/m0./s1. The summed E-state index contributed by atoms with van der Waals surface area (Å²) in [5.41, 5.74) is 5.85. The molecule has 2 aliphatic carbocycles. The Balaban J connectivity index is 0.00000128. The van der Waals surface area contributed by atoms with Gasteiger partial charge in [0.15, 0.2) is 0 Å². The third kappa shape index (κ3) is 2.89. The number of hydrogen-bond acceptors (Lipinski definition) is 2. The number of hydrogen-bond donors (Lipinski definition) is 2. The van der Waals surface area contributed by atoms with E-state index in [4.69, 9.17) is 5.73 Å². The summed E-state index contributed by atoms with van der Waals surface area (Å²) in [6.07, 6.45) is 13.4. The molecule has 0 amide bonds. The second-order valence-electron chi connectivity index (χ2n) is 4.79. The summed E-state index contributed by atoms with van der Waals surface area (Å²) < 4.78 is 0. The van der Waals surface area contributed by atoms with E-state index in [0.717, 1.165) is 5.92 Å². The van der Waals surface area contributed by atoms with Crippen LogP contribution in [-0.2, 0) is 0 Å². The summed E-state index contributed by atoms with van der Waals surface area (Å²) in [7, 11) is 0. The van der Waals surface area contributed by atoms with Crippen molar-refractivity contribution in [1.82, 2.24) is 0 Å². The van der Waals surface area contributed by atoms with E-state index in [1.54, 1.807) is 6.08 Å². The quantitative estimate of drug-likeness (QED) is 0.746. The minimum absolute atomic E-state index is 0. The van der Waals surface area contributed by atoms with Crippen molar-refractivity contribution in [3.05, 3.63) is 36.1 Å². The normalized spacial score (nSPS) is 31.0. The van der Waals surface area contributed by atoms with Crippen molar-refractivity contribution in [3.8, 4) is 0 Å². The van der Waals surface area contributed by atoms with E-state index in [0.29, 0.717) is 12.2 Å². The lowest BCUT2D eigenvalue weighted by atomic mass is 9.75. The molecular weight excluding hydrogens is 222 g/mol. The Morgan fingerprint density at radius 1 is 1.56 bits per heavy atom. The summed E-state index contributed by atoms with van der Waals surface area (Å²) in [5, 5.41) is 9.59. The van der Waals surface area contributed by atoms with Crippen molar-refractivity contribution in [2.75, 3.05) is 0 Å². The maximum absolute atomic E-state index is 9.59. The molecule has 2 rings (SSSR count). The first kappa shape index (κ1) is 13.3. The molecule has 1 unspecified atom stereocenters. The lowest BCUT2D eigenvalue weighted by Crippen LogP contribution is -2.37. The third-order valence-electron chi connectivity index (χ3n) is 3.33. The van der Waals surface area contributed by atoms with E-state index in [2.05, 4.69) is 18.2 Å². The Kier molecular flexibility index (Phi) is 4.22. The van der Waals surface area contributed by atoms with Gasteiger partial charge in [0, 0.05) is 17.9 Å². The van der Waals surface area contributed by atoms with Crippen LogP contribution in [-0.4, -0.2) is 11.1 Å². The van der Waals surface area contributed by atoms with Crippen LogP contribution in [0.4, 0.5) is 0 Å². The molecule has 0 bridgehead atoms. The molecule has 2 aliphatic rings. The van der Waals surface area contributed by atoms with Crippen molar-refractivity contribution in [2.45, 2.75) is 32.2 Å². The summed E-state index contributed by atoms with van der Waals surface area (Å²) in [6, 6.07) is 0.0274. The van der Waals surface area contributed by atoms with Gasteiger partial charge < -0.3 is 10.8 Å². The second kappa shape index (κ2) is 5.07. The van der Waals surface area contributed by atoms with Gasteiger partial charge in [-0.05, 0) is 31.8 Å². The van der Waals surface area contributed by atoms with E-state index >= 15 is 0 Å². The minimum Gasteiger partial charge on any atom is -0.512 e. The van der Waals surface area contributed by atoms with Crippen molar-refractivity contribution in [2.24, 2.45) is 17.1 Å². The molecular formula is C13H20ClNO. The zero-order valence-electron chi connectivity index (χ0n) is 9.60. The van der Waals surface area contributed by atoms with E-state index < -0.39 is 0 Å². The number of halogens is 1. The fraction of sp³-hybridized carbons (Fsp3) is 0.538. The fourth-order valence-corrected chi connectivity index (χ4v) is 1.95. The molecule has 90 valence electrons. The highest BCUT2D eigenvalue weighted by atomic mass is 35.5. The van der Waals surface area contributed by atoms with Crippen LogP contribution >= 0.6 is 12.4 Å². The molecule has 1 saturated carbocycles. The first-order chi connectivity index (χ1) is 7.12. The van der Waals surface area contributed by atoms with Crippen LogP contribution in [0, 0.1) is 11.3 Å². The largest absolute Gasteiger partial charge is 0.512 e. The van der Waals surface area contributed by atoms with Crippen molar-refractivity contribution in [1.29, 1.82) is 0 Å². The maximum atomic E-state index is 9.59. The summed E-state index contributed by atoms with van der Waals surface area (Å²) >= 11 is 0. The molecule has 1 fully saturated rings. The molecule has 3 N–H and O–H groups in total. The average molecular weight is 242 g/mol. The van der Waals surface area contributed by atoms with Gasteiger partial charge in [-0.25, -0.2) is 0 Å². The van der Waals surface area contributed by atoms with Crippen LogP contribution in [0.1, 0.15) is 26.2 Å². The number of aliphatic hydroxyl groups is 1. The highest BCUT2D eigenvalue weighted by molar-refractivity contribution is 5.85. The van der Waals surface area contributed by atoms with E-state index in [1.165, 1.54) is 12.8 Å². The van der Waals surface area contributed by atoms with Gasteiger partial charge in [-0.15, -0.1) is 12.4 Å². The lowest BCUT2D eigenvalue weighted by molar-refractivity contribution is 0.303. The molecule has 0 saturated heterocycles. The molecule has 0 radical (unpaired) electrons. The van der Waals surface area contributed by atoms with Crippen molar-refractivity contribution in [3.63, 3.8) is 0 Å². The van der Waals surface area contributed by atoms with Gasteiger partial charge in [-0.2, -0.15) is 0 Å². The fourth-order valence-electron chi connectivity index (χ4n) is 1.95. The van der Waals surface area contributed by atoms with Gasteiger partial charge in [0.2, 0.25) is 0 Å². The molecule has 0 aromatic rings. The monoisotopic (exact) mass is 241 g/mol. The molecule has 2 atom stereocenters. The van der Waals surface area contributed by atoms with Gasteiger partial charge in [0.25, 0.3) is 0 Å². The summed E-state index contributed by atoms with van der Waals surface area (Å²) in [4.78, 5) is 0. The molecule has 0 aromatic carbocycles. The second-order valence-corrected chi connectivity index (χ2v) is 4.79. The number of allylic oxidation sites excluding steroid dienone is 4. The SMILES string of the molecule is C[C@H](N)C1(/C=C/C2CC2)C=CC=C(O)C1.Cl. The zero-order chi connectivity index (χ0) is 10.9.